The number of piperidine rings is 1. The van der Waals surface area contributed by atoms with Crippen molar-refractivity contribution in [2.24, 2.45) is 0 Å². The van der Waals surface area contributed by atoms with E-state index in [1.54, 1.807) is 0 Å². The zero-order chi connectivity index (χ0) is 13.0. The fourth-order valence-corrected chi connectivity index (χ4v) is 2.36. The molecule has 5 heteroatoms. The standard InChI is InChI=1S/C13H23N5/c1-4-10-11(5-2)17-18-12(15-10)16-13(3)6-8-14-9-7-13/h14H,4-9H2,1-3H3,(H,15,16,18). The Morgan fingerprint density at radius 2 is 1.78 bits per heavy atom. The molecule has 100 valence electrons. The van der Waals surface area contributed by atoms with Crippen LogP contribution in [0.5, 0.6) is 0 Å². The first-order valence-corrected chi connectivity index (χ1v) is 6.88. The number of anilines is 1. The van der Waals surface area contributed by atoms with E-state index in [4.69, 9.17) is 0 Å². The van der Waals surface area contributed by atoms with Crippen molar-refractivity contribution in [1.82, 2.24) is 20.5 Å². The van der Waals surface area contributed by atoms with E-state index >= 15 is 0 Å². The van der Waals surface area contributed by atoms with E-state index in [1.165, 1.54) is 0 Å². The second-order valence-corrected chi connectivity index (χ2v) is 5.17. The van der Waals surface area contributed by atoms with Crippen LogP contribution in [0, 0.1) is 0 Å². The third kappa shape index (κ3) is 2.96. The highest BCUT2D eigenvalue weighted by Gasteiger charge is 2.27. The highest BCUT2D eigenvalue weighted by atomic mass is 15.3. The molecule has 5 nitrogen and oxygen atoms in total. The lowest BCUT2D eigenvalue weighted by molar-refractivity contribution is 0.362. The molecule has 18 heavy (non-hydrogen) atoms. The van der Waals surface area contributed by atoms with E-state index in [2.05, 4.69) is 46.6 Å². The molecule has 2 rings (SSSR count). The quantitative estimate of drug-likeness (QED) is 0.847. The molecule has 1 aliphatic rings. The molecule has 2 heterocycles. The summed E-state index contributed by atoms with van der Waals surface area (Å²) in [5.74, 6) is 0.674. The van der Waals surface area contributed by atoms with Crippen molar-refractivity contribution in [2.45, 2.75) is 52.0 Å². The van der Waals surface area contributed by atoms with Gasteiger partial charge in [0.2, 0.25) is 5.95 Å². The smallest absolute Gasteiger partial charge is 0.243 e. The van der Waals surface area contributed by atoms with E-state index in [0.717, 1.165) is 50.2 Å². The molecule has 1 aliphatic heterocycles. The molecular formula is C13H23N5. The fraction of sp³-hybridized carbons (Fsp3) is 0.769. The number of hydrogen-bond acceptors (Lipinski definition) is 5. The molecule has 0 aliphatic carbocycles. The zero-order valence-electron chi connectivity index (χ0n) is 11.6. The lowest BCUT2D eigenvalue weighted by Crippen LogP contribution is -2.45. The molecule has 0 unspecified atom stereocenters. The zero-order valence-corrected chi connectivity index (χ0v) is 11.6. The Bertz CT molecular complexity index is 398. The van der Waals surface area contributed by atoms with E-state index in [-0.39, 0.29) is 5.54 Å². The Morgan fingerprint density at radius 3 is 2.39 bits per heavy atom. The van der Waals surface area contributed by atoms with E-state index in [0.29, 0.717) is 5.95 Å². The summed E-state index contributed by atoms with van der Waals surface area (Å²) in [5, 5.41) is 15.3. The fourth-order valence-electron chi connectivity index (χ4n) is 2.36. The molecular weight excluding hydrogens is 226 g/mol. The van der Waals surface area contributed by atoms with Crippen LogP contribution in [0.4, 0.5) is 5.95 Å². The van der Waals surface area contributed by atoms with Crippen LogP contribution in [0.3, 0.4) is 0 Å². The van der Waals surface area contributed by atoms with Gasteiger partial charge >= 0.3 is 0 Å². The van der Waals surface area contributed by atoms with Gasteiger partial charge in [-0.15, -0.1) is 5.10 Å². The van der Waals surface area contributed by atoms with Crippen LogP contribution in [-0.2, 0) is 12.8 Å². The van der Waals surface area contributed by atoms with Crippen LogP contribution in [0.25, 0.3) is 0 Å². The van der Waals surface area contributed by atoms with Crippen molar-refractivity contribution in [3.63, 3.8) is 0 Å². The van der Waals surface area contributed by atoms with Gasteiger partial charge in [-0.25, -0.2) is 4.98 Å². The molecule has 0 spiro atoms. The number of aromatic nitrogens is 3. The first-order valence-electron chi connectivity index (χ1n) is 6.88. The monoisotopic (exact) mass is 249 g/mol. The topological polar surface area (TPSA) is 62.7 Å². The number of nitrogens with one attached hydrogen (secondary N) is 2. The van der Waals surface area contributed by atoms with E-state index in [9.17, 15) is 0 Å². The largest absolute Gasteiger partial charge is 0.348 e. The number of hydrogen-bond donors (Lipinski definition) is 2. The van der Waals surface area contributed by atoms with Gasteiger partial charge in [0.1, 0.15) is 0 Å². The minimum atomic E-state index is 0.0890. The third-order valence-electron chi connectivity index (χ3n) is 3.63. The molecule has 0 atom stereocenters. The summed E-state index contributed by atoms with van der Waals surface area (Å²) in [5.41, 5.74) is 2.16. The summed E-state index contributed by atoms with van der Waals surface area (Å²) in [7, 11) is 0. The maximum absolute atomic E-state index is 4.60. The average Bonchev–Trinajstić information content (AvgIpc) is 2.39. The number of nitrogens with zero attached hydrogens (tertiary/aromatic N) is 3. The first-order chi connectivity index (χ1) is 8.67. The van der Waals surface area contributed by atoms with Gasteiger partial charge in [-0.2, -0.15) is 5.10 Å². The van der Waals surface area contributed by atoms with E-state index < -0.39 is 0 Å². The van der Waals surface area contributed by atoms with Gasteiger partial charge in [0.05, 0.1) is 11.4 Å². The SMILES string of the molecule is CCc1nnc(NC2(C)CCNCC2)nc1CC. The lowest BCUT2D eigenvalue weighted by Gasteiger charge is -2.34. The summed E-state index contributed by atoms with van der Waals surface area (Å²) in [6.45, 7) is 8.52. The minimum Gasteiger partial charge on any atom is -0.348 e. The molecule has 1 aromatic rings. The van der Waals surface area contributed by atoms with E-state index in [1.807, 2.05) is 0 Å². The molecule has 0 saturated carbocycles. The molecule has 2 N–H and O–H groups in total. The van der Waals surface area contributed by atoms with Gasteiger partial charge in [0.15, 0.2) is 0 Å². The summed E-state index contributed by atoms with van der Waals surface area (Å²) in [6.07, 6.45) is 3.98. The second-order valence-electron chi connectivity index (χ2n) is 5.17. The van der Waals surface area contributed by atoms with Crippen LogP contribution in [-0.4, -0.2) is 33.8 Å². The summed E-state index contributed by atoms with van der Waals surface area (Å²) < 4.78 is 0. The van der Waals surface area contributed by atoms with Gasteiger partial charge < -0.3 is 10.6 Å². The predicted octanol–water partition coefficient (Wildman–Crippen LogP) is 1.55. The molecule has 0 aromatic carbocycles. The average molecular weight is 249 g/mol. The highest BCUT2D eigenvalue weighted by Crippen LogP contribution is 2.21. The van der Waals surface area contributed by atoms with Crippen LogP contribution >= 0.6 is 0 Å². The second kappa shape index (κ2) is 5.61. The van der Waals surface area contributed by atoms with Gasteiger partial charge in [-0.1, -0.05) is 13.8 Å². The Morgan fingerprint density at radius 1 is 1.11 bits per heavy atom. The molecule has 1 saturated heterocycles. The van der Waals surface area contributed by atoms with Crippen molar-refractivity contribution in [1.29, 1.82) is 0 Å². The van der Waals surface area contributed by atoms with Crippen LogP contribution in [0.1, 0.15) is 45.0 Å². The molecule has 0 bridgehead atoms. The summed E-state index contributed by atoms with van der Waals surface area (Å²) in [6, 6.07) is 0. The minimum absolute atomic E-state index is 0.0890. The van der Waals surface area contributed by atoms with Crippen LogP contribution < -0.4 is 10.6 Å². The first kappa shape index (κ1) is 13.2. The summed E-state index contributed by atoms with van der Waals surface area (Å²) in [4.78, 5) is 4.60. The third-order valence-corrected chi connectivity index (χ3v) is 3.63. The van der Waals surface area contributed by atoms with Crippen molar-refractivity contribution in [3.8, 4) is 0 Å². The molecule has 1 fully saturated rings. The van der Waals surface area contributed by atoms with Gasteiger partial charge in [-0.3, -0.25) is 0 Å². The van der Waals surface area contributed by atoms with Gasteiger partial charge in [0.25, 0.3) is 0 Å². The number of rotatable bonds is 4. The molecule has 0 amide bonds. The van der Waals surface area contributed by atoms with Crippen molar-refractivity contribution in [2.75, 3.05) is 18.4 Å². The molecule has 0 radical (unpaired) electrons. The maximum atomic E-state index is 4.60. The van der Waals surface area contributed by atoms with Crippen LogP contribution in [0.2, 0.25) is 0 Å². The van der Waals surface area contributed by atoms with Crippen molar-refractivity contribution in [3.05, 3.63) is 11.4 Å². The lowest BCUT2D eigenvalue weighted by atomic mass is 9.91. The van der Waals surface area contributed by atoms with Gasteiger partial charge in [0, 0.05) is 5.54 Å². The number of aryl methyl sites for hydroxylation is 2. The Labute approximate surface area is 109 Å². The predicted molar refractivity (Wildman–Crippen MR) is 72.7 cm³/mol. The van der Waals surface area contributed by atoms with Crippen molar-refractivity contribution >= 4 is 5.95 Å². The van der Waals surface area contributed by atoms with Crippen LogP contribution in [0.15, 0.2) is 0 Å². The molecule has 1 aromatic heterocycles. The summed E-state index contributed by atoms with van der Waals surface area (Å²) >= 11 is 0. The Kier molecular flexibility index (Phi) is 4.11. The highest BCUT2D eigenvalue weighted by molar-refractivity contribution is 5.30. The Balaban J connectivity index is 2.13. The maximum Gasteiger partial charge on any atom is 0.243 e. The normalized spacial score (nSPS) is 18.6. The van der Waals surface area contributed by atoms with Crippen molar-refractivity contribution < 1.29 is 0 Å². The van der Waals surface area contributed by atoms with Gasteiger partial charge in [-0.05, 0) is 45.7 Å². The Hall–Kier alpha value is -1.23.